The van der Waals surface area contributed by atoms with Crippen LogP contribution in [0.4, 0.5) is 0 Å². The molecule has 0 atom stereocenters. The minimum absolute atomic E-state index is 0.260. The number of nitrogens with zero attached hydrogens (tertiary/aromatic N) is 2. The number of benzene rings is 3. The summed E-state index contributed by atoms with van der Waals surface area (Å²) >= 11 is 0. The lowest BCUT2D eigenvalue weighted by molar-refractivity contribution is 0.0594. The number of carbonyl (C=O) groups is 1. The van der Waals surface area contributed by atoms with Gasteiger partial charge >= 0.3 is 5.97 Å². The first-order valence-corrected chi connectivity index (χ1v) is 8.51. The van der Waals surface area contributed by atoms with E-state index in [0.717, 1.165) is 27.8 Å². The Morgan fingerprint density at radius 1 is 0.926 bits per heavy atom. The molecule has 0 bridgehead atoms. The molecule has 0 aliphatic rings. The van der Waals surface area contributed by atoms with E-state index in [4.69, 9.17) is 9.47 Å². The van der Waals surface area contributed by atoms with E-state index in [2.05, 4.69) is 23.2 Å². The van der Waals surface area contributed by atoms with Gasteiger partial charge in [-0.05, 0) is 35.7 Å². The minimum Gasteiger partial charge on any atom is -0.497 e. The molecule has 0 fully saturated rings. The Morgan fingerprint density at radius 2 is 1.67 bits per heavy atom. The lowest BCUT2D eigenvalue weighted by atomic mass is 10.1. The summed E-state index contributed by atoms with van der Waals surface area (Å²) in [4.78, 5) is 16.6. The van der Waals surface area contributed by atoms with Crippen molar-refractivity contribution in [3.05, 3.63) is 78.6 Å². The fourth-order valence-electron chi connectivity index (χ4n) is 3.13. The molecule has 5 heteroatoms. The van der Waals surface area contributed by atoms with Gasteiger partial charge in [0.05, 0.1) is 19.9 Å². The van der Waals surface area contributed by atoms with E-state index in [1.54, 1.807) is 13.3 Å². The predicted molar refractivity (Wildman–Crippen MR) is 104 cm³/mol. The van der Waals surface area contributed by atoms with Crippen LogP contribution < -0.4 is 4.74 Å². The van der Waals surface area contributed by atoms with Crippen LogP contribution in [0.15, 0.2) is 72.9 Å². The molecule has 1 heterocycles. The Morgan fingerprint density at radius 3 is 2.41 bits per heavy atom. The summed E-state index contributed by atoms with van der Waals surface area (Å²) in [6.45, 7) is 0. The normalized spacial score (nSPS) is 10.7. The second-order valence-corrected chi connectivity index (χ2v) is 6.04. The fraction of sp³-hybridized carbons (Fsp3) is 0.0909. The van der Waals surface area contributed by atoms with Crippen LogP contribution in [0.3, 0.4) is 0 Å². The van der Waals surface area contributed by atoms with Crippen molar-refractivity contribution in [2.24, 2.45) is 0 Å². The molecule has 0 unspecified atom stereocenters. The summed E-state index contributed by atoms with van der Waals surface area (Å²) in [5, 5.41) is 2.19. The number of hydrogen-bond donors (Lipinski definition) is 0. The number of hydrogen-bond acceptors (Lipinski definition) is 4. The van der Waals surface area contributed by atoms with Gasteiger partial charge in [-0.3, -0.25) is 4.57 Å². The summed E-state index contributed by atoms with van der Waals surface area (Å²) in [5.74, 6) is 0.952. The third-order valence-corrected chi connectivity index (χ3v) is 4.47. The maximum Gasteiger partial charge on any atom is 0.358 e. The van der Waals surface area contributed by atoms with Crippen LogP contribution in [0.2, 0.25) is 0 Å². The maximum absolute atomic E-state index is 12.1. The zero-order chi connectivity index (χ0) is 18.8. The molecule has 0 saturated carbocycles. The van der Waals surface area contributed by atoms with Crippen molar-refractivity contribution in [3.63, 3.8) is 0 Å². The van der Waals surface area contributed by atoms with Crippen LogP contribution >= 0.6 is 0 Å². The van der Waals surface area contributed by atoms with Crippen LogP contribution in [0.25, 0.3) is 27.8 Å². The first kappa shape index (κ1) is 16.8. The molecule has 0 radical (unpaired) electrons. The topological polar surface area (TPSA) is 53.4 Å². The van der Waals surface area contributed by atoms with Crippen LogP contribution in [0.5, 0.6) is 5.75 Å². The van der Waals surface area contributed by atoms with Crippen molar-refractivity contribution in [1.29, 1.82) is 0 Å². The smallest absolute Gasteiger partial charge is 0.358 e. The van der Waals surface area contributed by atoms with E-state index in [1.165, 1.54) is 7.11 Å². The van der Waals surface area contributed by atoms with Gasteiger partial charge in [-0.15, -0.1) is 0 Å². The molecule has 4 rings (SSSR count). The third kappa shape index (κ3) is 3.04. The van der Waals surface area contributed by atoms with Crippen LogP contribution in [-0.4, -0.2) is 29.7 Å². The van der Waals surface area contributed by atoms with E-state index >= 15 is 0 Å². The standard InChI is InChI=1S/C22H18N2O3/c1-26-17-12-10-16(11-13-17)21-23-19(22(25)27-2)14-24(21)20-9-5-7-15-6-3-4-8-18(15)20/h3-14H,1-2H3. The van der Waals surface area contributed by atoms with Gasteiger partial charge in [-0.1, -0.05) is 36.4 Å². The highest BCUT2D eigenvalue weighted by Gasteiger charge is 2.18. The summed E-state index contributed by atoms with van der Waals surface area (Å²) in [7, 11) is 2.98. The Labute approximate surface area is 156 Å². The number of ether oxygens (including phenoxy) is 2. The molecule has 4 aromatic rings. The Balaban J connectivity index is 1.95. The molecule has 27 heavy (non-hydrogen) atoms. The molecule has 0 spiro atoms. The molecule has 1 aromatic heterocycles. The monoisotopic (exact) mass is 358 g/mol. The van der Waals surface area contributed by atoms with E-state index < -0.39 is 5.97 Å². The van der Waals surface area contributed by atoms with Crippen molar-refractivity contribution < 1.29 is 14.3 Å². The zero-order valence-electron chi connectivity index (χ0n) is 15.0. The van der Waals surface area contributed by atoms with E-state index in [0.29, 0.717) is 5.82 Å². The van der Waals surface area contributed by atoms with Crippen molar-refractivity contribution >= 4 is 16.7 Å². The quantitative estimate of drug-likeness (QED) is 0.505. The molecule has 0 N–H and O–H groups in total. The second kappa shape index (κ2) is 6.96. The van der Waals surface area contributed by atoms with Gasteiger partial charge in [-0.25, -0.2) is 9.78 Å². The summed E-state index contributed by atoms with van der Waals surface area (Å²) < 4.78 is 12.0. The van der Waals surface area contributed by atoms with Crippen LogP contribution in [0.1, 0.15) is 10.5 Å². The van der Waals surface area contributed by atoms with Gasteiger partial charge in [0, 0.05) is 17.1 Å². The third-order valence-electron chi connectivity index (χ3n) is 4.47. The average Bonchev–Trinajstić information content (AvgIpc) is 3.18. The number of esters is 1. The highest BCUT2D eigenvalue weighted by atomic mass is 16.5. The summed E-state index contributed by atoms with van der Waals surface area (Å²) in [6.07, 6.45) is 1.72. The lowest BCUT2D eigenvalue weighted by Gasteiger charge is -2.11. The van der Waals surface area contributed by atoms with Crippen LogP contribution in [-0.2, 0) is 4.74 Å². The number of aromatic nitrogens is 2. The number of imidazole rings is 1. The minimum atomic E-state index is -0.469. The van der Waals surface area contributed by atoms with Gasteiger partial charge in [0.25, 0.3) is 0 Å². The predicted octanol–water partition coefficient (Wildman–Crippen LogP) is 4.49. The first-order valence-electron chi connectivity index (χ1n) is 8.51. The first-order chi connectivity index (χ1) is 13.2. The van der Waals surface area contributed by atoms with Gasteiger partial charge in [0.15, 0.2) is 5.69 Å². The summed E-state index contributed by atoms with van der Waals surface area (Å²) in [6, 6.07) is 21.8. The number of methoxy groups -OCH3 is 2. The highest BCUT2D eigenvalue weighted by molar-refractivity contribution is 5.92. The SMILES string of the molecule is COC(=O)c1cn(-c2cccc3ccccc23)c(-c2ccc(OC)cc2)n1. The number of fused-ring (bicyclic) bond motifs is 1. The lowest BCUT2D eigenvalue weighted by Crippen LogP contribution is -2.01. The Hall–Kier alpha value is -3.60. The summed E-state index contributed by atoms with van der Waals surface area (Å²) in [5.41, 5.74) is 2.08. The number of carbonyl (C=O) groups excluding carboxylic acids is 1. The molecule has 0 aliphatic carbocycles. The largest absolute Gasteiger partial charge is 0.497 e. The zero-order valence-corrected chi connectivity index (χ0v) is 15.0. The highest BCUT2D eigenvalue weighted by Crippen LogP contribution is 2.29. The molecule has 5 nitrogen and oxygen atoms in total. The van der Waals surface area contributed by atoms with E-state index in [1.807, 2.05) is 53.1 Å². The van der Waals surface area contributed by atoms with Gasteiger partial charge in [0.2, 0.25) is 0 Å². The second-order valence-electron chi connectivity index (χ2n) is 6.04. The van der Waals surface area contributed by atoms with Crippen molar-refractivity contribution in [2.75, 3.05) is 14.2 Å². The van der Waals surface area contributed by atoms with Crippen LogP contribution in [0, 0.1) is 0 Å². The molecule has 0 aliphatic heterocycles. The molecule has 3 aromatic carbocycles. The van der Waals surface area contributed by atoms with Gasteiger partial charge < -0.3 is 9.47 Å². The van der Waals surface area contributed by atoms with Crippen molar-refractivity contribution in [2.45, 2.75) is 0 Å². The molecule has 134 valence electrons. The maximum atomic E-state index is 12.1. The Kier molecular flexibility index (Phi) is 4.34. The fourth-order valence-corrected chi connectivity index (χ4v) is 3.13. The average molecular weight is 358 g/mol. The molecule has 0 saturated heterocycles. The van der Waals surface area contributed by atoms with E-state index in [9.17, 15) is 4.79 Å². The Bertz CT molecular complexity index is 1110. The van der Waals surface area contributed by atoms with Crippen molar-refractivity contribution in [1.82, 2.24) is 9.55 Å². The van der Waals surface area contributed by atoms with Gasteiger partial charge in [-0.2, -0.15) is 0 Å². The molecular formula is C22H18N2O3. The van der Waals surface area contributed by atoms with E-state index in [-0.39, 0.29) is 5.69 Å². The van der Waals surface area contributed by atoms with Crippen molar-refractivity contribution in [3.8, 4) is 22.8 Å². The number of rotatable bonds is 4. The molecule has 0 amide bonds. The molecular weight excluding hydrogens is 340 g/mol. The van der Waals surface area contributed by atoms with Gasteiger partial charge in [0.1, 0.15) is 11.6 Å².